The van der Waals surface area contributed by atoms with E-state index in [1.165, 1.54) is 7.11 Å². The van der Waals surface area contributed by atoms with Gasteiger partial charge in [-0.2, -0.15) is 0 Å². The minimum Gasteiger partial charge on any atom is -0.496 e. The van der Waals surface area contributed by atoms with Gasteiger partial charge in [-0.05, 0) is 19.2 Å². The SMILES string of the molecule is COc1cccc(N)c1C(=O)OCC1CN(C)CCO1. The highest BCUT2D eigenvalue weighted by molar-refractivity contribution is 5.98. The highest BCUT2D eigenvalue weighted by Crippen LogP contribution is 2.25. The quantitative estimate of drug-likeness (QED) is 0.648. The molecular formula is C14H20N2O4. The van der Waals surface area contributed by atoms with Crippen molar-refractivity contribution in [2.75, 3.05) is 46.2 Å². The van der Waals surface area contributed by atoms with E-state index in [1.54, 1.807) is 18.2 Å². The van der Waals surface area contributed by atoms with Crippen molar-refractivity contribution >= 4 is 11.7 Å². The van der Waals surface area contributed by atoms with Gasteiger partial charge in [-0.1, -0.05) is 6.07 Å². The summed E-state index contributed by atoms with van der Waals surface area (Å²) >= 11 is 0. The summed E-state index contributed by atoms with van der Waals surface area (Å²) in [5.41, 5.74) is 6.41. The monoisotopic (exact) mass is 280 g/mol. The smallest absolute Gasteiger partial charge is 0.344 e. The normalized spacial score (nSPS) is 19.6. The van der Waals surface area contributed by atoms with Crippen LogP contribution in [0.5, 0.6) is 5.75 Å². The van der Waals surface area contributed by atoms with Crippen molar-refractivity contribution in [2.45, 2.75) is 6.10 Å². The summed E-state index contributed by atoms with van der Waals surface area (Å²) in [5, 5.41) is 0. The van der Waals surface area contributed by atoms with Crippen LogP contribution in [0.1, 0.15) is 10.4 Å². The van der Waals surface area contributed by atoms with Crippen LogP contribution < -0.4 is 10.5 Å². The van der Waals surface area contributed by atoms with Gasteiger partial charge in [0.05, 0.1) is 13.7 Å². The van der Waals surface area contributed by atoms with Crippen LogP contribution in [0.25, 0.3) is 0 Å². The molecule has 1 aromatic carbocycles. The molecule has 110 valence electrons. The third kappa shape index (κ3) is 3.40. The Hall–Kier alpha value is -1.79. The van der Waals surface area contributed by atoms with E-state index in [0.717, 1.165) is 13.1 Å². The number of anilines is 1. The lowest BCUT2D eigenvalue weighted by Crippen LogP contribution is -2.42. The molecule has 0 bridgehead atoms. The number of methoxy groups -OCH3 is 1. The predicted molar refractivity (Wildman–Crippen MR) is 74.9 cm³/mol. The Morgan fingerprint density at radius 1 is 1.55 bits per heavy atom. The Morgan fingerprint density at radius 2 is 2.35 bits per heavy atom. The number of hydrogen-bond acceptors (Lipinski definition) is 6. The molecule has 0 spiro atoms. The molecule has 1 aliphatic rings. The molecule has 0 saturated carbocycles. The molecule has 2 N–H and O–H groups in total. The summed E-state index contributed by atoms with van der Waals surface area (Å²) in [6.45, 7) is 2.49. The zero-order chi connectivity index (χ0) is 14.5. The first kappa shape index (κ1) is 14.6. The standard InChI is InChI=1S/C14H20N2O4/c1-16-6-7-19-10(8-16)9-20-14(17)13-11(15)4-3-5-12(13)18-2/h3-5,10H,6-9,15H2,1-2H3. The van der Waals surface area contributed by atoms with Crippen LogP contribution in [0.2, 0.25) is 0 Å². The molecule has 6 heteroatoms. The van der Waals surface area contributed by atoms with Gasteiger partial charge in [0.25, 0.3) is 0 Å². The van der Waals surface area contributed by atoms with E-state index in [0.29, 0.717) is 18.0 Å². The minimum absolute atomic E-state index is 0.103. The number of carbonyl (C=O) groups excluding carboxylic acids is 1. The first-order chi connectivity index (χ1) is 9.61. The number of carbonyl (C=O) groups is 1. The molecule has 6 nitrogen and oxygen atoms in total. The molecule has 0 radical (unpaired) electrons. The van der Waals surface area contributed by atoms with Crippen molar-refractivity contribution in [3.8, 4) is 5.75 Å². The van der Waals surface area contributed by atoms with Crippen LogP contribution in [-0.2, 0) is 9.47 Å². The maximum Gasteiger partial charge on any atom is 0.344 e. The Balaban J connectivity index is 1.98. The second-order valence-electron chi connectivity index (χ2n) is 4.78. The summed E-state index contributed by atoms with van der Waals surface area (Å²) in [6.07, 6.45) is -0.103. The number of ether oxygens (including phenoxy) is 3. The molecule has 0 aromatic heterocycles. The van der Waals surface area contributed by atoms with Crippen molar-refractivity contribution in [3.05, 3.63) is 23.8 Å². The van der Waals surface area contributed by atoms with Crippen LogP contribution in [0.4, 0.5) is 5.69 Å². The number of likely N-dealkylation sites (N-methyl/N-ethyl adjacent to an activating group) is 1. The fourth-order valence-electron chi connectivity index (χ4n) is 2.15. The van der Waals surface area contributed by atoms with Crippen molar-refractivity contribution < 1.29 is 19.0 Å². The van der Waals surface area contributed by atoms with Gasteiger partial charge in [-0.25, -0.2) is 4.79 Å². The summed E-state index contributed by atoms with van der Waals surface area (Å²) in [6, 6.07) is 5.05. The van der Waals surface area contributed by atoms with Gasteiger partial charge >= 0.3 is 5.97 Å². The molecule has 20 heavy (non-hydrogen) atoms. The zero-order valence-corrected chi connectivity index (χ0v) is 11.8. The first-order valence-electron chi connectivity index (χ1n) is 6.51. The molecular weight excluding hydrogens is 260 g/mol. The van der Waals surface area contributed by atoms with Crippen LogP contribution in [-0.4, -0.2) is 57.4 Å². The number of nitrogen functional groups attached to an aromatic ring is 1. The third-order valence-corrected chi connectivity index (χ3v) is 3.22. The number of morpholine rings is 1. The van der Waals surface area contributed by atoms with Crippen molar-refractivity contribution in [3.63, 3.8) is 0 Å². The summed E-state index contributed by atoms with van der Waals surface area (Å²) in [4.78, 5) is 14.3. The van der Waals surface area contributed by atoms with Gasteiger partial charge in [0.1, 0.15) is 24.0 Å². The molecule has 2 rings (SSSR count). The van der Waals surface area contributed by atoms with E-state index >= 15 is 0 Å². The van der Waals surface area contributed by atoms with Crippen molar-refractivity contribution in [1.82, 2.24) is 4.90 Å². The van der Waals surface area contributed by atoms with Crippen LogP contribution in [0.15, 0.2) is 18.2 Å². The third-order valence-electron chi connectivity index (χ3n) is 3.22. The van der Waals surface area contributed by atoms with Gasteiger partial charge in [-0.15, -0.1) is 0 Å². The predicted octanol–water partition coefficient (Wildman–Crippen LogP) is 0.765. The molecule has 0 amide bonds. The molecule has 1 fully saturated rings. The van der Waals surface area contributed by atoms with E-state index in [4.69, 9.17) is 19.9 Å². The first-order valence-corrected chi connectivity index (χ1v) is 6.51. The average molecular weight is 280 g/mol. The maximum atomic E-state index is 12.1. The molecule has 1 aromatic rings. The second kappa shape index (κ2) is 6.58. The maximum absolute atomic E-state index is 12.1. The number of nitrogens with zero attached hydrogens (tertiary/aromatic N) is 1. The highest BCUT2D eigenvalue weighted by Gasteiger charge is 2.22. The van der Waals surface area contributed by atoms with Crippen molar-refractivity contribution in [2.24, 2.45) is 0 Å². The Labute approximate surface area is 118 Å². The lowest BCUT2D eigenvalue weighted by Gasteiger charge is -2.29. The van der Waals surface area contributed by atoms with E-state index in [2.05, 4.69) is 4.90 Å². The molecule has 1 saturated heterocycles. The van der Waals surface area contributed by atoms with Gasteiger partial charge < -0.3 is 24.8 Å². The van der Waals surface area contributed by atoms with Gasteiger partial charge in [0.15, 0.2) is 0 Å². The molecule has 0 aliphatic carbocycles. The Morgan fingerprint density at radius 3 is 3.05 bits per heavy atom. The summed E-state index contributed by atoms with van der Waals surface area (Å²) < 4.78 is 16.0. The fourth-order valence-corrected chi connectivity index (χ4v) is 2.15. The number of nitrogens with two attached hydrogens (primary N) is 1. The van der Waals surface area contributed by atoms with Crippen LogP contribution in [0, 0.1) is 0 Å². The van der Waals surface area contributed by atoms with Crippen molar-refractivity contribution in [1.29, 1.82) is 0 Å². The number of esters is 1. The average Bonchev–Trinajstić information content (AvgIpc) is 2.44. The molecule has 1 unspecified atom stereocenters. The number of rotatable bonds is 4. The van der Waals surface area contributed by atoms with E-state index in [-0.39, 0.29) is 18.3 Å². The fraction of sp³-hybridized carbons (Fsp3) is 0.500. The van der Waals surface area contributed by atoms with E-state index < -0.39 is 5.97 Å². The van der Waals surface area contributed by atoms with Gasteiger partial charge in [-0.3, -0.25) is 0 Å². The summed E-state index contributed by atoms with van der Waals surface area (Å²) in [7, 11) is 3.50. The highest BCUT2D eigenvalue weighted by atomic mass is 16.6. The molecule has 1 atom stereocenters. The Bertz CT molecular complexity index is 478. The number of hydrogen-bond donors (Lipinski definition) is 1. The topological polar surface area (TPSA) is 74.0 Å². The number of benzene rings is 1. The van der Waals surface area contributed by atoms with Gasteiger partial charge in [0.2, 0.25) is 0 Å². The Kier molecular flexibility index (Phi) is 4.81. The molecule has 1 aliphatic heterocycles. The van der Waals surface area contributed by atoms with E-state index in [1.807, 2.05) is 7.05 Å². The van der Waals surface area contributed by atoms with Crippen LogP contribution in [0.3, 0.4) is 0 Å². The largest absolute Gasteiger partial charge is 0.496 e. The summed E-state index contributed by atoms with van der Waals surface area (Å²) in [5.74, 6) is -0.0755. The van der Waals surface area contributed by atoms with Gasteiger partial charge in [0, 0.05) is 18.8 Å². The molecule has 1 heterocycles. The van der Waals surface area contributed by atoms with Crippen LogP contribution >= 0.6 is 0 Å². The van der Waals surface area contributed by atoms with E-state index in [9.17, 15) is 4.79 Å². The minimum atomic E-state index is -0.489. The zero-order valence-electron chi connectivity index (χ0n) is 11.8. The lowest BCUT2D eigenvalue weighted by atomic mass is 10.1. The lowest BCUT2D eigenvalue weighted by molar-refractivity contribution is -0.0528. The second-order valence-corrected chi connectivity index (χ2v) is 4.78.